The third-order valence-electron chi connectivity index (χ3n) is 5.29. The van der Waals surface area contributed by atoms with Gasteiger partial charge in [-0.15, -0.1) is 0 Å². The first-order valence-corrected chi connectivity index (χ1v) is 12.6. The first-order chi connectivity index (χ1) is 15.3. The van der Waals surface area contributed by atoms with Gasteiger partial charge in [-0.05, 0) is 60.8 Å². The Morgan fingerprint density at radius 1 is 0.818 bits per heavy atom. The van der Waals surface area contributed by atoms with E-state index in [1.54, 1.807) is 0 Å². The predicted molar refractivity (Wildman–Crippen MR) is 146 cm³/mol. The van der Waals surface area contributed by atoms with Gasteiger partial charge in [0.15, 0.2) is 0 Å². The fourth-order valence-corrected chi connectivity index (χ4v) is 3.16. The van der Waals surface area contributed by atoms with Crippen LogP contribution in [0, 0.1) is 10.8 Å². The van der Waals surface area contributed by atoms with Gasteiger partial charge in [-0.25, -0.2) is 0 Å². The van der Waals surface area contributed by atoms with Crippen LogP contribution in [-0.2, 0) is 13.1 Å². The summed E-state index contributed by atoms with van der Waals surface area (Å²) in [6.45, 7) is 22.2. The summed E-state index contributed by atoms with van der Waals surface area (Å²) in [6, 6.07) is 19.1. The van der Waals surface area contributed by atoms with E-state index in [9.17, 15) is 5.11 Å². The van der Waals surface area contributed by atoms with Crippen LogP contribution in [-0.4, -0.2) is 28.7 Å². The summed E-state index contributed by atoms with van der Waals surface area (Å²) in [5, 5.41) is 13.8. The van der Waals surface area contributed by atoms with Crippen LogP contribution < -0.4 is 5.32 Å². The molecule has 2 aromatic carbocycles. The summed E-state index contributed by atoms with van der Waals surface area (Å²) in [5.74, 6) is 0. The smallest absolute Gasteiger partial charge is 0.0718 e. The number of nitrogens with one attached hydrogen (secondary N) is 1. The van der Waals surface area contributed by atoms with E-state index in [-0.39, 0.29) is 5.41 Å². The van der Waals surface area contributed by atoms with Gasteiger partial charge in [0.1, 0.15) is 0 Å². The molecule has 0 aliphatic heterocycles. The number of nitrogens with zero attached hydrogens (tertiary/aromatic N) is 1. The van der Waals surface area contributed by atoms with Crippen LogP contribution in [0.5, 0.6) is 0 Å². The van der Waals surface area contributed by atoms with Crippen LogP contribution in [0.2, 0.25) is 0 Å². The van der Waals surface area contributed by atoms with Gasteiger partial charge in [0, 0.05) is 31.9 Å². The van der Waals surface area contributed by atoms with Gasteiger partial charge in [-0.2, -0.15) is 0 Å². The number of hydrogen-bond acceptors (Lipinski definition) is 3. The highest BCUT2D eigenvalue weighted by Gasteiger charge is 2.30. The molecule has 0 spiro atoms. The van der Waals surface area contributed by atoms with Crippen LogP contribution >= 0.6 is 0 Å². The van der Waals surface area contributed by atoms with Crippen molar-refractivity contribution in [1.82, 2.24) is 4.90 Å². The lowest BCUT2D eigenvalue weighted by atomic mass is 9.97. The van der Waals surface area contributed by atoms with Crippen molar-refractivity contribution >= 4 is 5.69 Å². The molecular weight excluding hydrogens is 404 g/mol. The lowest BCUT2D eigenvalue weighted by Crippen LogP contribution is -2.37. The Morgan fingerprint density at radius 2 is 1.27 bits per heavy atom. The van der Waals surface area contributed by atoms with Crippen molar-refractivity contribution in [3.63, 3.8) is 0 Å². The molecule has 0 aromatic heterocycles. The largest absolute Gasteiger partial charge is 0.389 e. The monoisotopic (exact) mass is 454 g/mol. The molecule has 3 rings (SSSR count). The van der Waals surface area contributed by atoms with Crippen molar-refractivity contribution in [2.75, 3.05) is 18.4 Å². The predicted octanol–water partition coefficient (Wildman–Crippen LogP) is 7.75. The van der Waals surface area contributed by atoms with Crippen molar-refractivity contribution in [2.45, 2.75) is 93.8 Å². The zero-order chi connectivity index (χ0) is 25.1. The molecule has 3 nitrogen and oxygen atoms in total. The standard InChI is InChI=1S/C23H34N2O.C5H10.C2H6/c1-22(2,3)17-24-21-13-11-20(12-14-21)16-25(18-23(4,5)26)15-19-9-7-6-8-10-19;1-5(2)3-4-5;1-2/h6-14,24,26H,15-18H2,1-5H3;3-4H2,1-2H3;1-2H3. The maximum atomic E-state index is 10.3. The maximum absolute atomic E-state index is 10.3. The minimum Gasteiger partial charge on any atom is -0.389 e. The number of hydrogen-bond donors (Lipinski definition) is 2. The van der Waals surface area contributed by atoms with E-state index in [0.717, 1.165) is 30.7 Å². The van der Waals surface area contributed by atoms with E-state index >= 15 is 0 Å². The zero-order valence-electron chi connectivity index (χ0n) is 22.8. The molecule has 2 aromatic rings. The molecule has 1 aliphatic rings. The number of benzene rings is 2. The molecule has 0 bridgehead atoms. The van der Waals surface area contributed by atoms with Gasteiger partial charge < -0.3 is 10.4 Å². The number of aliphatic hydroxyl groups is 1. The summed E-state index contributed by atoms with van der Waals surface area (Å²) in [4.78, 5) is 2.30. The van der Waals surface area contributed by atoms with Gasteiger partial charge in [0.25, 0.3) is 0 Å². The van der Waals surface area contributed by atoms with E-state index in [0.29, 0.717) is 6.54 Å². The summed E-state index contributed by atoms with van der Waals surface area (Å²) in [5.41, 5.74) is 3.97. The SMILES string of the molecule is CC.CC(C)(C)CNc1ccc(CN(Cc2ccccc2)CC(C)(C)O)cc1.CC1(C)CC1. The Labute approximate surface area is 204 Å². The normalized spacial score (nSPS) is 14.5. The molecule has 0 atom stereocenters. The van der Waals surface area contributed by atoms with E-state index in [2.05, 4.69) is 93.4 Å². The van der Waals surface area contributed by atoms with Gasteiger partial charge in [0.2, 0.25) is 0 Å². The third-order valence-corrected chi connectivity index (χ3v) is 5.29. The van der Waals surface area contributed by atoms with E-state index in [4.69, 9.17) is 0 Å². The lowest BCUT2D eigenvalue weighted by Gasteiger charge is -2.29. The fraction of sp³-hybridized carbons (Fsp3) is 0.600. The van der Waals surface area contributed by atoms with Crippen molar-refractivity contribution in [3.8, 4) is 0 Å². The lowest BCUT2D eigenvalue weighted by molar-refractivity contribution is 0.0307. The van der Waals surface area contributed by atoms with Gasteiger partial charge in [-0.3, -0.25) is 4.90 Å². The highest BCUT2D eigenvalue weighted by molar-refractivity contribution is 5.44. The first-order valence-electron chi connectivity index (χ1n) is 12.6. The van der Waals surface area contributed by atoms with Crippen molar-refractivity contribution in [1.29, 1.82) is 0 Å². The first kappa shape index (κ1) is 29.2. The Morgan fingerprint density at radius 3 is 1.67 bits per heavy atom. The van der Waals surface area contributed by atoms with Crippen LogP contribution in [0.4, 0.5) is 5.69 Å². The third kappa shape index (κ3) is 14.8. The quantitative estimate of drug-likeness (QED) is 0.428. The minimum atomic E-state index is -0.719. The Bertz CT molecular complexity index is 762. The Kier molecular flexibility index (Phi) is 11.6. The van der Waals surface area contributed by atoms with E-state index in [1.807, 2.05) is 33.8 Å². The second kappa shape index (κ2) is 13.2. The molecule has 1 aliphatic carbocycles. The fourth-order valence-electron chi connectivity index (χ4n) is 3.16. The minimum absolute atomic E-state index is 0.262. The molecule has 186 valence electrons. The molecule has 0 radical (unpaired) electrons. The summed E-state index contributed by atoms with van der Waals surface area (Å²) >= 11 is 0. The second-order valence-corrected chi connectivity index (χ2v) is 11.7. The Balaban J connectivity index is 0.000000671. The van der Waals surface area contributed by atoms with Crippen molar-refractivity contribution in [3.05, 3.63) is 65.7 Å². The van der Waals surface area contributed by atoms with Crippen LogP contribution in [0.1, 0.15) is 86.3 Å². The van der Waals surface area contributed by atoms with Crippen LogP contribution in [0.15, 0.2) is 54.6 Å². The van der Waals surface area contributed by atoms with Gasteiger partial charge in [-0.1, -0.05) is 90.9 Å². The molecule has 0 unspecified atom stereocenters. The van der Waals surface area contributed by atoms with Gasteiger partial charge >= 0.3 is 0 Å². The second-order valence-electron chi connectivity index (χ2n) is 11.7. The molecule has 0 heterocycles. The molecule has 0 saturated heterocycles. The van der Waals surface area contributed by atoms with Crippen molar-refractivity contribution in [2.24, 2.45) is 10.8 Å². The molecule has 3 heteroatoms. The molecule has 2 N–H and O–H groups in total. The maximum Gasteiger partial charge on any atom is 0.0718 e. The van der Waals surface area contributed by atoms with Crippen LogP contribution in [0.25, 0.3) is 0 Å². The zero-order valence-corrected chi connectivity index (χ0v) is 22.8. The van der Waals surface area contributed by atoms with Crippen LogP contribution in [0.3, 0.4) is 0 Å². The van der Waals surface area contributed by atoms with Crippen molar-refractivity contribution < 1.29 is 5.11 Å². The highest BCUT2D eigenvalue weighted by Crippen LogP contribution is 2.43. The van der Waals surface area contributed by atoms with E-state index in [1.165, 1.54) is 24.0 Å². The van der Waals surface area contributed by atoms with Gasteiger partial charge in [0.05, 0.1) is 5.60 Å². The molecular formula is C30H50N2O. The summed E-state index contributed by atoms with van der Waals surface area (Å²) < 4.78 is 0. The topological polar surface area (TPSA) is 35.5 Å². The molecule has 1 saturated carbocycles. The molecule has 33 heavy (non-hydrogen) atoms. The number of anilines is 1. The summed E-state index contributed by atoms with van der Waals surface area (Å²) in [6.07, 6.45) is 2.90. The van der Waals surface area contributed by atoms with E-state index < -0.39 is 5.60 Å². The average molecular weight is 455 g/mol. The highest BCUT2D eigenvalue weighted by atomic mass is 16.3. The number of rotatable bonds is 8. The summed E-state index contributed by atoms with van der Waals surface area (Å²) in [7, 11) is 0. The molecule has 0 amide bonds. The average Bonchev–Trinajstić information content (AvgIpc) is 3.43. The molecule has 1 fully saturated rings. The Hall–Kier alpha value is -1.84.